The SMILES string of the molecule is COc1ccc(CC(O)(P(=O)(O)O)P(=O)(O)O)cc1. The van der Waals surface area contributed by atoms with Gasteiger partial charge in [-0.2, -0.15) is 0 Å². The zero-order chi connectivity index (χ0) is 14.9. The highest BCUT2D eigenvalue weighted by molar-refractivity contribution is 7.72. The highest BCUT2D eigenvalue weighted by Gasteiger charge is 2.59. The first kappa shape index (κ1) is 16.3. The zero-order valence-corrected chi connectivity index (χ0v) is 11.7. The van der Waals surface area contributed by atoms with Crippen molar-refractivity contribution >= 4 is 15.2 Å². The Morgan fingerprint density at radius 2 is 1.47 bits per heavy atom. The van der Waals surface area contributed by atoms with Crippen LogP contribution in [0.25, 0.3) is 0 Å². The third-order valence-electron chi connectivity index (χ3n) is 2.53. The Bertz CT molecular complexity index is 506. The van der Waals surface area contributed by atoms with Gasteiger partial charge in [0.15, 0.2) is 0 Å². The maximum Gasteiger partial charge on any atom is 0.369 e. The number of rotatable bonds is 5. The molecule has 19 heavy (non-hydrogen) atoms. The lowest BCUT2D eigenvalue weighted by atomic mass is 10.1. The maximum atomic E-state index is 11.2. The lowest BCUT2D eigenvalue weighted by molar-refractivity contribution is 0.131. The van der Waals surface area contributed by atoms with Crippen molar-refractivity contribution in [1.29, 1.82) is 0 Å². The molecule has 0 amide bonds. The summed E-state index contributed by atoms with van der Waals surface area (Å²) >= 11 is 0. The normalized spacial score (nSPS) is 13.4. The van der Waals surface area contributed by atoms with Gasteiger partial charge in [0, 0.05) is 6.42 Å². The van der Waals surface area contributed by atoms with Gasteiger partial charge in [0.25, 0.3) is 5.08 Å². The van der Waals surface area contributed by atoms with Gasteiger partial charge >= 0.3 is 15.2 Å². The molecular weight excluding hydrogens is 298 g/mol. The number of ether oxygens (including phenoxy) is 1. The summed E-state index contributed by atoms with van der Waals surface area (Å²) in [5, 5.41) is 6.27. The molecule has 8 nitrogen and oxygen atoms in total. The van der Waals surface area contributed by atoms with Crippen molar-refractivity contribution in [3.63, 3.8) is 0 Å². The van der Waals surface area contributed by atoms with Crippen molar-refractivity contribution in [3.8, 4) is 5.75 Å². The maximum absolute atomic E-state index is 11.2. The lowest BCUT2D eigenvalue weighted by Gasteiger charge is -2.29. The van der Waals surface area contributed by atoms with Crippen molar-refractivity contribution in [1.82, 2.24) is 0 Å². The second-order valence-corrected chi connectivity index (χ2v) is 7.90. The molecule has 1 rings (SSSR count). The van der Waals surface area contributed by atoms with Gasteiger partial charge in [-0.25, -0.2) is 0 Å². The Hall–Kier alpha value is -0.720. The van der Waals surface area contributed by atoms with Crippen LogP contribution in [0.1, 0.15) is 5.56 Å². The van der Waals surface area contributed by atoms with Gasteiger partial charge in [-0.3, -0.25) is 9.13 Å². The van der Waals surface area contributed by atoms with Crippen molar-refractivity contribution in [2.45, 2.75) is 11.5 Å². The Kier molecular flexibility index (Phi) is 4.59. The monoisotopic (exact) mass is 312 g/mol. The fraction of sp³-hybridized carbons (Fsp3) is 0.333. The molecule has 0 aliphatic rings. The summed E-state index contributed by atoms with van der Waals surface area (Å²) in [4.78, 5) is 35.9. The molecule has 0 saturated heterocycles. The van der Waals surface area contributed by atoms with Crippen LogP contribution in [-0.2, 0) is 15.6 Å². The highest BCUT2D eigenvalue weighted by Crippen LogP contribution is 2.68. The zero-order valence-electron chi connectivity index (χ0n) is 9.87. The van der Waals surface area contributed by atoms with Crippen LogP contribution < -0.4 is 4.74 Å². The average molecular weight is 312 g/mol. The molecular formula is C9H14O8P2. The molecule has 0 bridgehead atoms. The molecule has 0 spiro atoms. The second kappa shape index (κ2) is 5.34. The number of aliphatic hydroxyl groups is 1. The first-order chi connectivity index (χ1) is 8.51. The molecule has 0 fully saturated rings. The van der Waals surface area contributed by atoms with Crippen LogP contribution in [0, 0.1) is 0 Å². The van der Waals surface area contributed by atoms with Crippen molar-refractivity contribution in [3.05, 3.63) is 29.8 Å². The molecule has 0 aliphatic carbocycles. The van der Waals surface area contributed by atoms with E-state index in [2.05, 4.69) is 0 Å². The Balaban J connectivity index is 3.16. The topological polar surface area (TPSA) is 145 Å². The molecule has 10 heteroatoms. The quantitative estimate of drug-likeness (QED) is 0.486. The number of methoxy groups -OCH3 is 1. The smallest absolute Gasteiger partial charge is 0.369 e. The fourth-order valence-electron chi connectivity index (χ4n) is 1.39. The molecule has 108 valence electrons. The van der Waals surface area contributed by atoms with Crippen LogP contribution in [0.3, 0.4) is 0 Å². The number of benzene rings is 1. The van der Waals surface area contributed by atoms with Gasteiger partial charge in [-0.05, 0) is 17.7 Å². The van der Waals surface area contributed by atoms with Crippen molar-refractivity contribution in [2.24, 2.45) is 0 Å². The molecule has 5 N–H and O–H groups in total. The summed E-state index contributed by atoms with van der Waals surface area (Å²) in [6, 6.07) is 5.56. The first-order valence-corrected chi connectivity index (χ1v) is 8.20. The summed E-state index contributed by atoms with van der Waals surface area (Å²) in [5.41, 5.74) is 0.148. The summed E-state index contributed by atoms with van der Waals surface area (Å²) < 4.78 is 27.2. The lowest BCUT2D eigenvalue weighted by Crippen LogP contribution is -2.31. The summed E-state index contributed by atoms with van der Waals surface area (Å²) in [5.74, 6) is 0.458. The van der Waals surface area contributed by atoms with E-state index in [4.69, 9.17) is 24.3 Å². The molecule has 0 saturated carbocycles. The predicted octanol–water partition coefficient (Wildman–Crippen LogP) is 0.239. The average Bonchev–Trinajstić information content (AvgIpc) is 2.27. The Morgan fingerprint density at radius 3 is 1.79 bits per heavy atom. The van der Waals surface area contributed by atoms with Crippen LogP contribution in [0.4, 0.5) is 0 Å². The van der Waals surface area contributed by atoms with Gasteiger partial charge in [0.05, 0.1) is 7.11 Å². The molecule has 1 aromatic rings. The second-order valence-electron chi connectivity index (χ2n) is 3.89. The van der Waals surface area contributed by atoms with Gasteiger partial charge in [0.1, 0.15) is 5.75 Å². The fourth-order valence-corrected chi connectivity index (χ4v) is 3.53. The predicted molar refractivity (Wildman–Crippen MR) is 65.7 cm³/mol. The largest absolute Gasteiger partial charge is 0.497 e. The van der Waals surface area contributed by atoms with E-state index in [0.717, 1.165) is 0 Å². The van der Waals surface area contributed by atoms with Crippen LogP contribution in [0.2, 0.25) is 0 Å². The van der Waals surface area contributed by atoms with Crippen LogP contribution >= 0.6 is 15.2 Å². The van der Waals surface area contributed by atoms with Crippen molar-refractivity contribution < 1.29 is 38.5 Å². The number of hydrogen-bond acceptors (Lipinski definition) is 4. The standard InChI is InChI=1S/C9H14O8P2/c1-17-8-4-2-7(3-5-8)6-9(10,18(11,12)13)19(14,15)16/h2-5,10H,6H2,1H3,(H2,11,12,13)(H2,14,15,16). The summed E-state index contributed by atoms with van der Waals surface area (Å²) in [6.07, 6.45) is -0.883. The molecule has 0 aliphatic heterocycles. The third kappa shape index (κ3) is 3.43. The van der Waals surface area contributed by atoms with E-state index in [0.29, 0.717) is 5.75 Å². The Morgan fingerprint density at radius 1 is 1.05 bits per heavy atom. The van der Waals surface area contributed by atoms with E-state index >= 15 is 0 Å². The molecule has 0 heterocycles. The van der Waals surface area contributed by atoms with E-state index in [-0.39, 0.29) is 5.56 Å². The van der Waals surface area contributed by atoms with Gasteiger partial charge in [-0.1, -0.05) is 12.1 Å². The van der Waals surface area contributed by atoms with Crippen LogP contribution in [-0.4, -0.2) is 36.9 Å². The van der Waals surface area contributed by atoms with E-state index in [1.807, 2.05) is 0 Å². The molecule has 0 atom stereocenters. The minimum Gasteiger partial charge on any atom is -0.497 e. The van der Waals surface area contributed by atoms with Gasteiger partial charge < -0.3 is 29.4 Å². The van der Waals surface area contributed by atoms with Gasteiger partial charge in [-0.15, -0.1) is 0 Å². The van der Waals surface area contributed by atoms with Gasteiger partial charge in [0.2, 0.25) is 0 Å². The Labute approximate surface area is 109 Å². The van der Waals surface area contributed by atoms with E-state index in [1.54, 1.807) is 0 Å². The van der Waals surface area contributed by atoms with E-state index < -0.39 is 26.7 Å². The minimum atomic E-state index is -5.43. The highest BCUT2D eigenvalue weighted by atomic mass is 31.2. The van der Waals surface area contributed by atoms with Crippen LogP contribution in [0.5, 0.6) is 5.75 Å². The van der Waals surface area contributed by atoms with E-state index in [9.17, 15) is 14.2 Å². The third-order valence-corrected chi connectivity index (χ3v) is 6.28. The molecule has 0 radical (unpaired) electrons. The summed E-state index contributed by atoms with van der Waals surface area (Å²) in [6.45, 7) is 0. The summed E-state index contributed by atoms with van der Waals surface area (Å²) in [7, 11) is -9.45. The first-order valence-electron chi connectivity index (χ1n) is 4.98. The number of hydrogen-bond donors (Lipinski definition) is 5. The van der Waals surface area contributed by atoms with Crippen molar-refractivity contribution in [2.75, 3.05) is 7.11 Å². The van der Waals surface area contributed by atoms with Crippen LogP contribution in [0.15, 0.2) is 24.3 Å². The molecule has 0 unspecified atom stereocenters. The minimum absolute atomic E-state index is 0.148. The molecule has 1 aromatic carbocycles. The van der Waals surface area contributed by atoms with E-state index in [1.165, 1.54) is 31.4 Å². The molecule has 0 aromatic heterocycles.